The zero-order valence-corrected chi connectivity index (χ0v) is 8.70. The molecule has 0 saturated heterocycles. The van der Waals surface area contributed by atoms with Crippen molar-refractivity contribution in [2.75, 3.05) is 5.73 Å². The molecule has 76 valence electrons. The van der Waals surface area contributed by atoms with Gasteiger partial charge in [-0.05, 0) is 6.07 Å². The van der Waals surface area contributed by atoms with Crippen molar-refractivity contribution in [2.45, 2.75) is 6.42 Å². The van der Waals surface area contributed by atoms with Gasteiger partial charge in [0.25, 0.3) is 0 Å². The quantitative estimate of drug-likeness (QED) is 0.795. The molecule has 0 aliphatic rings. The second kappa shape index (κ2) is 4.18. The Balaban J connectivity index is 2.17. The number of carbonyl (C=O) groups is 1. The van der Waals surface area contributed by atoms with Gasteiger partial charge in [-0.15, -0.1) is 11.3 Å². The second-order valence-corrected chi connectivity index (χ2v) is 3.74. The van der Waals surface area contributed by atoms with Gasteiger partial charge in [0.1, 0.15) is 11.5 Å². The third-order valence-electron chi connectivity index (χ3n) is 2.00. The number of ketones is 1. The maximum atomic E-state index is 11.7. The average Bonchev–Trinajstić information content (AvgIpc) is 2.74. The number of pyridine rings is 1. The standard InChI is InChI=1S/C10H9N3OS/c11-10-7(2-1-3-12-10)4-9(14)8-5-15-6-13-8/h1-3,5-6H,4H2,(H2,11,12). The molecule has 0 unspecified atom stereocenters. The highest BCUT2D eigenvalue weighted by molar-refractivity contribution is 7.07. The highest BCUT2D eigenvalue weighted by atomic mass is 32.1. The molecule has 0 amide bonds. The van der Waals surface area contributed by atoms with Crippen LogP contribution in [0.25, 0.3) is 0 Å². The number of rotatable bonds is 3. The summed E-state index contributed by atoms with van der Waals surface area (Å²) in [5, 5.41) is 1.73. The van der Waals surface area contributed by atoms with Crippen molar-refractivity contribution in [3.05, 3.63) is 40.5 Å². The number of carbonyl (C=O) groups excluding carboxylic acids is 1. The van der Waals surface area contributed by atoms with Gasteiger partial charge in [-0.2, -0.15) is 0 Å². The summed E-state index contributed by atoms with van der Waals surface area (Å²) in [5.74, 6) is 0.372. The largest absolute Gasteiger partial charge is 0.383 e. The van der Waals surface area contributed by atoms with E-state index < -0.39 is 0 Å². The fraction of sp³-hybridized carbons (Fsp3) is 0.100. The van der Waals surface area contributed by atoms with Gasteiger partial charge in [0, 0.05) is 23.6 Å². The first kappa shape index (κ1) is 9.79. The predicted octanol–water partition coefficient (Wildman–Crippen LogP) is 1.55. The second-order valence-electron chi connectivity index (χ2n) is 3.02. The molecule has 0 bridgehead atoms. The van der Waals surface area contributed by atoms with Crippen LogP contribution in [0.3, 0.4) is 0 Å². The Hall–Kier alpha value is -1.75. The lowest BCUT2D eigenvalue weighted by Crippen LogP contribution is -2.06. The number of Topliss-reactive ketones (excluding diaryl/α,β-unsaturated/α-hetero) is 1. The number of nitrogen functional groups attached to an aromatic ring is 1. The molecule has 0 fully saturated rings. The van der Waals surface area contributed by atoms with E-state index in [9.17, 15) is 4.79 Å². The third kappa shape index (κ3) is 2.19. The Morgan fingerprint density at radius 1 is 1.47 bits per heavy atom. The zero-order valence-electron chi connectivity index (χ0n) is 7.88. The van der Waals surface area contributed by atoms with Crippen molar-refractivity contribution < 1.29 is 4.79 Å². The highest BCUT2D eigenvalue weighted by Crippen LogP contribution is 2.11. The first-order valence-electron chi connectivity index (χ1n) is 4.38. The van der Waals surface area contributed by atoms with Gasteiger partial charge in [0.05, 0.1) is 5.51 Å². The number of aromatic nitrogens is 2. The summed E-state index contributed by atoms with van der Waals surface area (Å²) in [5.41, 5.74) is 8.51. The van der Waals surface area contributed by atoms with Crippen LogP contribution in [0.15, 0.2) is 29.2 Å². The molecule has 0 spiro atoms. The van der Waals surface area contributed by atoms with Crippen LogP contribution in [0.2, 0.25) is 0 Å². The van der Waals surface area contributed by atoms with Gasteiger partial charge in [-0.25, -0.2) is 9.97 Å². The molecule has 0 aliphatic heterocycles. The highest BCUT2D eigenvalue weighted by Gasteiger charge is 2.10. The SMILES string of the molecule is Nc1ncccc1CC(=O)c1cscn1. The van der Waals surface area contributed by atoms with Gasteiger partial charge < -0.3 is 5.73 Å². The summed E-state index contributed by atoms with van der Waals surface area (Å²) in [6.45, 7) is 0. The maximum absolute atomic E-state index is 11.7. The Bertz CT molecular complexity index is 467. The van der Waals surface area contributed by atoms with Gasteiger partial charge in [-0.3, -0.25) is 4.79 Å². The normalized spacial score (nSPS) is 10.1. The molecule has 2 aromatic heterocycles. The van der Waals surface area contributed by atoms with Crippen molar-refractivity contribution in [2.24, 2.45) is 0 Å². The van der Waals surface area contributed by atoms with E-state index >= 15 is 0 Å². The summed E-state index contributed by atoms with van der Waals surface area (Å²) < 4.78 is 0. The lowest BCUT2D eigenvalue weighted by atomic mass is 10.1. The maximum Gasteiger partial charge on any atom is 0.186 e. The lowest BCUT2D eigenvalue weighted by molar-refractivity contribution is 0.0989. The molecule has 0 aliphatic carbocycles. The molecule has 0 radical (unpaired) electrons. The number of hydrogen-bond acceptors (Lipinski definition) is 5. The molecular formula is C10H9N3OS. The minimum absolute atomic E-state index is 0.0315. The number of thiazole rings is 1. The monoisotopic (exact) mass is 219 g/mol. The molecule has 0 atom stereocenters. The zero-order chi connectivity index (χ0) is 10.7. The average molecular weight is 219 g/mol. The Morgan fingerprint density at radius 3 is 3.00 bits per heavy atom. The smallest absolute Gasteiger partial charge is 0.186 e. The van der Waals surface area contributed by atoms with Gasteiger partial charge >= 0.3 is 0 Å². The van der Waals surface area contributed by atoms with Gasteiger partial charge in [-0.1, -0.05) is 6.07 Å². The van der Waals surface area contributed by atoms with Crippen LogP contribution in [0.1, 0.15) is 16.1 Å². The fourth-order valence-electron chi connectivity index (χ4n) is 1.21. The summed E-state index contributed by atoms with van der Waals surface area (Å²) in [6.07, 6.45) is 1.86. The van der Waals surface area contributed by atoms with Crippen LogP contribution < -0.4 is 5.73 Å². The van der Waals surface area contributed by atoms with Crippen molar-refractivity contribution in [3.63, 3.8) is 0 Å². The Labute approximate surface area is 90.8 Å². The lowest BCUT2D eigenvalue weighted by Gasteiger charge is -2.01. The molecule has 5 heteroatoms. The van der Waals surface area contributed by atoms with E-state index in [1.165, 1.54) is 11.3 Å². The summed E-state index contributed by atoms with van der Waals surface area (Å²) >= 11 is 1.40. The van der Waals surface area contributed by atoms with Crippen LogP contribution in [0.5, 0.6) is 0 Å². The van der Waals surface area contributed by atoms with E-state index in [0.29, 0.717) is 11.5 Å². The van der Waals surface area contributed by atoms with Crippen molar-refractivity contribution in [1.29, 1.82) is 0 Å². The molecule has 2 rings (SSSR count). The van der Waals surface area contributed by atoms with E-state index in [0.717, 1.165) is 5.56 Å². The van der Waals surface area contributed by atoms with E-state index in [4.69, 9.17) is 5.73 Å². The first-order chi connectivity index (χ1) is 7.27. The summed E-state index contributed by atoms with van der Waals surface area (Å²) in [6, 6.07) is 3.56. The van der Waals surface area contributed by atoms with E-state index in [1.807, 2.05) is 0 Å². The molecule has 2 heterocycles. The van der Waals surface area contributed by atoms with Crippen molar-refractivity contribution in [3.8, 4) is 0 Å². The van der Waals surface area contributed by atoms with Crippen LogP contribution in [0, 0.1) is 0 Å². The Morgan fingerprint density at radius 2 is 2.33 bits per heavy atom. The molecule has 2 aromatic rings. The molecule has 2 N–H and O–H groups in total. The fourth-order valence-corrected chi connectivity index (χ4v) is 1.77. The van der Waals surface area contributed by atoms with Crippen molar-refractivity contribution >= 4 is 22.9 Å². The molecular weight excluding hydrogens is 210 g/mol. The summed E-state index contributed by atoms with van der Waals surface area (Å²) in [4.78, 5) is 19.6. The number of hydrogen-bond donors (Lipinski definition) is 1. The van der Waals surface area contributed by atoms with Crippen LogP contribution in [-0.2, 0) is 6.42 Å². The minimum atomic E-state index is -0.0315. The van der Waals surface area contributed by atoms with Gasteiger partial charge in [0.15, 0.2) is 5.78 Å². The van der Waals surface area contributed by atoms with E-state index in [-0.39, 0.29) is 12.2 Å². The Kier molecular flexibility index (Phi) is 2.73. The molecule has 0 saturated carbocycles. The molecule has 15 heavy (non-hydrogen) atoms. The first-order valence-corrected chi connectivity index (χ1v) is 5.32. The number of anilines is 1. The summed E-state index contributed by atoms with van der Waals surface area (Å²) in [7, 11) is 0. The predicted molar refractivity (Wildman–Crippen MR) is 58.8 cm³/mol. The minimum Gasteiger partial charge on any atom is -0.383 e. The van der Waals surface area contributed by atoms with E-state index in [1.54, 1.807) is 29.2 Å². The molecule has 0 aromatic carbocycles. The van der Waals surface area contributed by atoms with E-state index in [2.05, 4.69) is 9.97 Å². The topological polar surface area (TPSA) is 68.9 Å². The van der Waals surface area contributed by atoms with Crippen LogP contribution in [0.4, 0.5) is 5.82 Å². The van der Waals surface area contributed by atoms with Crippen LogP contribution >= 0.6 is 11.3 Å². The number of nitrogens with two attached hydrogens (primary N) is 1. The molecule has 4 nitrogen and oxygen atoms in total. The number of nitrogens with zero attached hydrogens (tertiary/aromatic N) is 2. The van der Waals surface area contributed by atoms with Gasteiger partial charge in [0.2, 0.25) is 0 Å². The van der Waals surface area contributed by atoms with Crippen molar-refractivity contribution in [1.82, 2.24) is 9.97 Å². The third-order valence-corrected chi connectivity index (χ3v) is 2.58. The van der Waals surface area contributed by atoms with Crippen LogP contribution in [-0.4, -0.2) is 15.8 Å².